The largest absolute Gasteiger partial charge is 0.371 e. The molecule has 1 aromatic carbocycles. The molecule has 0 aliphatic carbocycles. The Labute approximate surface area is 105 Å². The van der Waals surface area contributed by atoms with Crippen molar-refractivity contribution in [1.82, 2.24) is 5.32 Å². The highest BCUT2D eigenvalue weighted by Crippen LogP contribution is 2.28. The number of piperidine rings is 1. The highest BCUT2D eigenvalue weighted by molar-refractivity contribution is 5.59. The summed E-state index contributed by atoms with van der Waals surface area (Å²) in [6.07, 6.45) is 3.64. The lowest BCUT2D eigenvalue weighted by molar-refractivity contribution is 0.441. The minimum atomic E-state index is 0.709. The molecule has 2 nitrogen and oxygen atoms in total. The zero-order valence-electron chi connectivity index (χ0n) is 11.3. The van der Waals surface area contributed by atoms with Gasteiger partial charge in [-0.15, -0.1) is 0 Å². The van der Waals surface area contributed by atoms with Crippen molar-refractivity contribution in [3.05, 3.63) is 29.3 Å². The Morgan fingerprint density at radius 2 is 2.00 bits per heavy atom. The van der Waals surface area contributed by atoms with Crippen molar-refractivity contribution in [1.29, 1.82) is 0 Å². The molecule has 1 saturated heterocycles. The number of aryl methyl sites for hydroxylation is 2. The van der Waals surface area contributed by atoms with Gasteiger partial charge in [-0.2, -0.15) is 0 Å². The van der Waals surface area contributed by atoms with Gasteiger partial charge in [0.25, 0.3) is 0 Å². The third-order valence-electron chi connectivity index (χ3n) is 3.92. The van der Waals surface area contributed by atoms with Crippen molar-refractivity contribution in [2.75, 3.05) is 25.0 Å². The molecule has 0 saturated carbocycles. The lowest BCUT2D eigenvalue weighted by Crippen LogP contribution is -2.41. The number of rotatable bonds is 3. The summed E-state index contributed by atoms with van der Waals surface area (Å²) in [6.45, 7) is 6.85. The fourth-order valence-electron chi connectivity index (χ4n) is 2.85. The van der Waals surface area contributed by atoms with Crippen LogP contribution >= 0.6 is 0 Å². The van der Waals surface area contributed by atoms with E-state index in [1.807, 2.05) is 0 Å². The summed E-state index contributed by atoms with van der Waals surface area (Å²) in [7, 11) is 2.07. The van der Waals surface area contributed by atoms with E-state index in [1.54, 1.807) is 0 Å². The first kappa shape index (κ1) is 12.4. The number of nitrogens with zero attached hydrogens (tertiary/aromatic N) is 1. The van der Waals surface area contributed by atoms with Crippen LogP contribution in [0.5, 0.6) is 0 Å². The van der Waals surface area contributed by atoms with E-state index in [-0.39, 0.29) is 0 Å². The third-order valence-corrected chi connectivity index (χ3v) is 3.92. The molecule has 0 atom stereocenters. The Kier molecular flexibility index (Phi) is 4.06. The molecular weight excluding hydrogens is 208 g/mol. The maximum atomic E-state index is 3.39. The fourth-order valence-corrected chi connectivity index (χ4v) is 2.85. The van der Waals surface area contributed by atoms with Crippen LogP contribution < -0.4 is 10.2 Å². The summed E-state index contributed by atoms with van der Waals surface area (Å²) in [5.74, 6) is 0. The van der Waals surface area contributed by atoms with Gasteiger partial charge in [-0.25, -0.2) is 0 Å². The second kappa shape index (κ2) is 5.54. The van der Waals surface area contributed by atoms with Gasteiger partial charge in [0, 0.05) is 24.8 Å². The summed E-state index contributed by atoms with van der Waals surface area (Å²) in [6, 6.07) is 7.39. The number of para-hydroxylation sites is 1. The van der Waals surface area contributed by atoms with E-state index in [0.717, 1.165) is 6.42 Å². The molecule has 1 N–H and O–H groups in total. The minimum absolute atomic E-state index is 0.709. The number of hydrogen-bond donors (Lipinski definition) is 1. The Morgan fingerprint density at radius 3 is 2.59 bits per heavy atom. The molecule has 1 fully saturated rings. The summed E-state index contributed by atoms with van der Waals surface area (Å²) in [5.41, 5.74) is 4.41. The topological polar surface area (TPSA) is 15.3 Å². The van der Waals surface area contributed by atoms with Gasteiger partial charge in [0.05, 0.1) is 0 Å². The molecule has 0 aromatic heterocycles. The van der Waals surface area contributed by atoms with Crippen molar-refractivity contribution < 1.29 is 0 Å². The minimum Gasteiger partial charge on any atom is -0.371 e. The van der Waals surface area contributed by atoms with E-state index in [9.17, 15) is 0 Å². The second-order valence-corrected chi connectivity index (χ2v) is 4.99. The van der Waals surface area contributed by atoms with Gasteiger partial charge in [0.1, 0.15) is 0 Å². The van der Waals surface area contributed by atoms with Crippen LogP contribution in [-0.2, 0) is 6.42 Å². The van der Waals surface area contributed by atoms with Crippen molar-refractivity contribution in [3.63, 3.8) is 0 Å². The summed E-state index contributed by atoms with van der Waals surface area (Å²) in [5, 5.41) is 3.39. The first-order valence-corrected chi connectivity index (χ1v) is 6.77. The van der Waals surface area contributed by atoms with E-state index < -0.39 is 0 Å². The third kappa shape index (κ3) is 2.63. The molecule has 0 spiro atoms. The van der Waals surface area contributed by atoms with Gasteiger partial charge in [-0.1, -0.05) is 25.1 Å². The van der Waals surface area contributed by atoms with Gasteiger partial charge in [-0.3, -0.25) is 0 Å². The standard InChI is InChI=1S/C15H24N2/c1-4-13-7-5-6-12(2)15(13)17-10-8-14(16-3)9-11-17/h5-7,14,16H,4,8-11H2,1-3H3. The molecule has 0 radical (unpaired) electrons. The lowest BCUT2D eigenvalue weighted by atomic mass is 10.00. The number of hydrogen-bond acceptors (Lipinski definition) is 2. The van der Waals surface area contributed by atoms with Crippen LogP contribution in [-0.4, -0.2) is 26.2 Å². The first-order chi connectivity index (χ1) is 8.26. The molecule has 0 amide bonds. The van der Waals surface area contributed by atoms with Gasteiger partial charge in [-0.05, 0) is 44.4 Å². The van der Waals surface area contributed by atoms with E-state index >= 15 is 0 Å². The normalized spacial score (nSPS) is 17.5. The summed E-state index contributed by atoms with van der Waals surface area (Å²) in [4.78, 5) is 2.57. The zero-order chi connectivity index (χ0) is 12.3. The van der Waals surface area contributed by atoms with E-state index in [1.165, 1.54) is 42.7 Å². The fraction of sp³-hybridized carbons (Fsp3) is 0.600. The van der Waals surface area contributed by atoms with Gasteiger partial charge >= 0.3 is 0 Å². The number of nitrogens with one attached hydrogen (secondary N) is 1. The van der Waals surface area contributed by atoms with Crippen LogP contribution in [0.3, 0.4) is 0 Å². The molecule has 0 unspecified atom stereocenters. The second-order valence-electron chi connectivity index (χ2n) is 4.99. The van der Waals surface area contributed by atoms with Crippen LogP contribution in [0.25, 0.3) is 0 Å². The van der Waals surface area contributed by atoms with Crippen LogP contribution in [0.2, 0.25) is 0 Å². The van der Waals surface area contributed by atoms with E-state index in [0.29, 0.717) is 6.04 Å². The number of benzene rings is 1. The summed E-state index contributed by atoms with van der Waals surface area (Å²) >= 11 is 0. The quantitative estimate of drug-likeness (QED) is 0.862. The Bertz CT molecular complexity index is 365. The predicted octanol–water partition coefficient (Wildman–Crippen LogP) is 2.75. The molecule has 17 heavy (non-hydrogen) atoms. The van der Waals surface area contributed by atoms with Crippen molar-refractivity contribution in [2.24, 2.45) is 0 Å². The van der Waals surface area contributed by atoms with E-state index in [4.69, 9.17) is 0 Å². The maximum absolute atomic E-state index is 3.39. The monoisotopic (exact) mass is 232 g/mol. The van der Waals surface area contributed by atoms with Gasteiger partial charge in [0.2, 0.25) is 0 Å². The average molecular weight is 232 g/mol. The van der Waals surface area contributed by atoms with Crippen LogP contribution in [0.1, 0.15) is 30.9 Å². The van der Waals surface area contributed by atoms with Crippen LogP contribution in [0.15, 0.2) is 18.2 Å². The summed E-state index contributed by atoms with van der Waals surface area (Å²) < 4.78 is 0. The van der Waals surface area contributed by atoms with Gasteiger partial charge in [0.15, 0.2) is 0 Å². The first-order valence-electron chi connectivity index (χ1n) is 6.77. The number of anilines is 1. The highest BCUT2D eigenvalue weighted by atomic mass is 15.1. The highest BCUT2D eigenvalue weighted by Gasteiger charge is 2.20. The molecular formula is C15H24N2. The average Bonchev–Trinajstić information content (AvgIpc) is 2.38. The Hall–Kier alpha value is -1.02. The molecule has 1 heterocycles. The molecule has 1 aliphatic heterocycles. The van der Waals surface area contributed by atoms with Gasteiger partial charge < -0.3 is 10.2 Å². The van der Waals surface area contributed by atoms with Crippen LogP contribution in [0, 0.1) is 6.92 Å². The Balaban J connectivity index is 2.17. The zero-order valence-corrected chi connectivity index (χ0v) is 11.3. The SMILES string of the molecule is CCc1cccc(C)c1N1CCC(NC)CC1. The molecule has 1 aliphatic rings. The van der Waals surface area contributed by atoms with Crippen LogP contribution in [0.4, 0.5) is 5.69 Å². The Morgan fingerprint density at radius 1 is 1.29 bits per heavy atom. The smallest absolute Gasteiger partial charge is 0.0428 e. The molecule has 2 heteroatoms. The van der Waals surface area contributed by atoms with Crippen molar-refractivity contribution >= 4 is 5.69 Å². The van der Waals surface area contributed by atoms with E-state index in [2.05, 4.69) is 49.3 Å². The molecule has 1 aromatic rings. The molecule has 94 valence electrons. The lowest BCUT2D eigenvalue weighted by Gasteiger charge is -2.35. The molecule has 2 rings (SSSR count). The predicted molar refractivity (Wildman–Crippen MR) is 74.9 cm³/mol. The van der Waals surface area contributed by atoms with Crippen molar-refractivity contribution in [3.8, 4) is 0 Å². The maximum Gasteiger partial charge on any atom is 0.0428 e. The van der Waals surface area contributed by atoms with Crippen molar-refractivity contribution in [2.45, 2.75) is 39.2 Å². The molecule has 0 bridgehead atoms.